The zero-order chi connectivity index (χ0) is 19.6. The molecule has 0 unspecified atom stereocenters. The van der Waals surface area contributed by atoms with Gasteiger partial charge in [0.15, 0.2) is 5.13 Å². The third-order valence-electron chi connectivity index (χ3n) is 3.55. The molecule has 0 radical (unpaired) electrons. The lowest BCUT2D eigenvalue weighted by Gasteiger charge is -2.22. The number of nitrogens with zero attached hydrogens (tertiary/aromatic N) is 3. The highest BCUT2D eigenvalue weighted by atomic mass is 32.1. The van der Waals surface area contributed by atoms with Gasteiger partial charge in [-0.25, -0.2) is 4.98 Å². The molecule has 2 amide bonds. The van der Waals surface area contributed by atoms with Gasteiger partial charge in [0.25, 0.3) is 11.6 Å². The smallest absolute Gasteiger partial charge is 0.269 e. The molecule has 0 aliphatic rings. The zero-order valence-electron chi connectivity index (χ0n) is 14.8. The summed E-state index contributed by atoms with van der Waals surface area (Å²) in [4.78, 5) is 40.6. The van der Waals surface area contributed by atoms with Crippen molar-refractivity contribution < 1.29 is 19.2 Å². The van der Waals surface area contributed by atoms with Gasteiger partial charge in [0.1, 0.15) is 6.54 Å². The third kappa shape index (κ3) is 6.42. The SMILES string of the molecule is CCOCCCN(CC(=O)Nc1nccs1)C(=O)c1ccc([N+](=O)[O-])cc1. The fraction of sp³-hybridized carbons (Fsp3) is 0.353. The molecule has 2 aromatic rings. The molecule has 1 N–H and O–H groups in total. The predicted octanol–water partition coefficient (Wildman–Crippen LogP) is 2.56. The highest BCUT2D eigenvalue weighted by molar-refractivity contribution is 7.13. The third-order valence-corrected chi connectivity index (χ3v) is 4.23. The first kappa shape index (κ1) is 20.5. The van der Waals surface area contributed by atoms with Crippen LogP contribution in [-0.2, 0) is 9.53 Å². The van der Waals surface area contributed by atoms with E-state index in [-0.39, 0.29) is 29.6 Å². The van der Waals surface area contributed by atoms with Crippen LogP contribution >= 0.6 is 11.3 Å². The van der Waals surface area contributed by atoms with Gasteiger partial charge in [-0.05, 0) is 25.5 Å². The summed E-state index contributed by atoms with van der Waals surface area (Å²) in [6.07, 6.45) is 2.14. The summed E-state index contributed by atoms with van der Waals surface area (Å²) in [7, 11) is 0. The molecule has 0 bridgehead atoms. The molecule has 0 atom stereocenters. The van der Waals surface area contributed by atoms with E-state index in [9.17, 15) is 19.7 Å². The van der Waals surface area contributed by atoms with E-state index in [4.69, 9.17) is 4.74 Å². The minimum atomic E-state index is -0.532. The van der Waals surface area contributed by atoms with Crippen LogP contribution < -0.4 is 5.32 Å². The van der Waals surface area contributed by atoms with E-state index < -0.39 is 4.92 Å². The van der Waals surface area contributed by atoms with Crippen molar-refractivity contribution in [1.82, 2.24) is 9.88 Å². The number of nitro groups is 1. The maximum atomic E-state index is 12.7. The number of hydrogen-bond acceptors (Lipinski definition) is 7. The number of non-ortho nitro benzene ring substituents is 1. The Bertz CT molecular complexity index is 764. The van der Waals surface area contributed by atoms with Crippen LogP contribution in [0, 0.1) is 10.1 Å². The predicted molar refractivity (Wildman–Crippen MR) is 101 cm³/mol. The van der Waals surface area contributed by atoms with Gasteiger partial charge in [-0.3, -0.25) is 19.7 Å². The number of carbonyl (C=O) groups is 2. The molecular weight excluding hydrogens is 372 g/mol. The van der Waals surface area contributed by atoms with Gasteiger partial charge in [-0.15, -0.1) is 11.3 Å². The second-order valence-corrected chi connectivity index (χ2v) is 6.36. The number of ether oxygens (including phenoxy) is 1. The van der Waals surface area contributed by atoms with Crippen molar-refractivity contribution in [1.29, 1.82) is 0 Å². The number of amides is 2. The van der Waals surface area contributed by atoms with E-state index in [0.29, 0.717) is 31.3 Å². The molecule has 1 aromatic carbocycles. The fourth-order valence-electron chi connectivity index (χ4n) is 2.28. The Morgan fingerprint density at radius 1 is 1.33 bits per heavy atom. The second kappa shape index (κ2) is 10.3. The van der Waals surface area contributed by atoms with Crippen molar-refractivity contribution in [3.05, 3.63) is 51.5 Å². The number of nitrogens with one attached hydrogen (secondary N) is 1. The standard InChI is InChI=1S/C17H20N4O5S/c1-2-26-10-3-9-20(12-15(22)19-17-18-8-11-27-17)16(23)13-4-6-14(7-5-13)21(24)25/h4-8,11H,2-3,9-10,12H2,1H3,(H,18,19,22). The van der Waals surface area contributed by atoms with Crippen LogP contribution in [0.4, 0.5) is 10.8 Å². The molecule has 0 fully saturated rings. The van der Waals surface area contributed by atoms with Gasteiger partial charge in [0, 0.05) is 49.0 Å². The Labute approximate surface area is 160 Å². The average Bonchev–Trinajstić information content (AvgIpc) is 3.16. The van der Waals surface area contributed by atoms with E-state index in [1.807, 2.05) is 6.92 Å². The molecule has 0 aliphatic heterocycles. The van der Waals surface area contributed by atoms with E-state index in [1.165, 1.54) is 40.5 Å². The highest BCUT2D eigenvalue weighted by Gasteiger charge is 2.20. The molecule has 0 spiro atoms. The number of benzene rings is 1. The Kier molecular flexibility index (Phi) is 7.83. The van der Waals surface area contributed by atoms with Crippen LogP contribution in [0.15, 0.2) is 35.8 Å². The lowest BCUT2D eigenvalue weighted by atomic mass is 10.1. The van der Waals surface area contributed by atoms with Crippen molar-refractivity contribution in [2.24, 2.45) is 0 Å². The summed E-state index contributed by atoms with van der Waals surface area (Å²) < 4.78 is 5.28. The molecule has 9 nitrogen and oxygen atoms in total. The normalized spacial score (nSPS) is 10.4. The first-order valence-electron chi connectivity index (χ1n) is 8.32. The lowest BCUT2D eigenvalue weighted by molar-refractivity contribution is -0.384. The monoisotopic (exact) mass is 392 g/mol. The molecule has 27 heavy (non-hydrogen) atoms. The van der Waals surface area contributed by atoms with Gasteiger partial charge in [-0.2, -0.15) is 0 Å². The van der Waals surface area contributed by atoms with Crippen LogP contribution in [0.5, 0.6) is 0 Å². The molecule has 1 aromatic heterocycles. The van der Waals surface area contributed by atoms with E-state index in [2.05, 4.69) is 10.3 Å². The molecule has 0 saturated carbocycles. The van der Waals surface area contributed by atoms with Crippen molar-refractivity contribution in [3.8, 4) is 0 Å². The first-order valence-corrected chi connectivity index (χ1v) is 9.20. The Balaban J connectivity index is 2.06. The largest absolute Gasteiger partial charge is 0.382 e. The van der Waals surface area contributed by atoms with Gasteiger partial charge in [0.2, 0.25) is 5.91 Å². The van der Waals surface area contributed by atoms with Crippen molar-refractivity contribution in [2.45, 2.75) is 13.3 Å². The molecule has 144 valence electrons. The fourth-order valence-corrected chi connectivity index (χ4v) is 2.82. The van der Waals surface area contributed by atoms with Crippen molar-refractivity contribution >= 4 is 34.0 Å². The number of rotatable bonds is 10. The zero-order valence-corrected chi connectivity index (χ0v) is 15.6. The Hall–Kier alpha value is -2.85. The topological polar surface area (TPSA) is 115 Å². The van der Waals surface area contributed by atoms with Gasteiger partial charge in [-0.1, -0.05) is 0 Å². The van der Waals surface area contributed by atoms with Crippen molar-refractivity contribution in [2.75, 3.05) is 31.6 Å². The van der Waals surface area contributed by atoms with Crippen LogP contribution in [0.1, 0.15) is 23.7 Å². The van der Waals surface area contributed by atoms with Gasteiger partial charge in [0.05, 0.1) is 4.92 Å². The lowest BCUT2D eigenvalue weighted by Crippen LogP contribution is -2.39. The maximum Gasteiger partial charge on any atom is 0.269 e. The maximum absolute atomic E-state index is 12.7. The molecule has 1 heterocycles. The summed E-state index contributed by atoms with van der Waals surface area (Å²) in [5.41, 5.74) is 0.176. The number of hydrogen-bond donors (Lipinski definition) is 1. The molecule has 2 rings (SSSR count). The number of nitro benzene ring substituents is 1. The Morgan fingerprint density at radius 3 is 2.67 bits per heavy atom. The summed E-state index contributed by atoms with van der Waals surface area (Å²) in [6.45, 7) is 3.08. The second-order valence-electron chi connectivity index (χ2n) is 5.47. The molecule has 10 heteroatoms. The average molecular weight is 392 g/mol. The summed E-state index contributed by atoms with van der Waals surface area (Å²) in [5.74, 6) is -0.743. The van der Waals surface area contributed by atoms with Crippen molar-refractivity contribution in [3.63, 3.8) is 0 Å². The van der Waals surface area contributed by atoms with E-state index in [1.54, 1.807) is 11.6 Å². The summed E-state index contributed by atoms with van der Waals surface area (Å²) in [5, 5.41) is 15.6. The van der Waals surface area contributed by atoms with Crippen LogP contribution in [0.2, 0.25) is 0 Å². The number of carbonyl (C=O) groups excluding carboxylic acids is 2. The summed E-state index contributed by atoms with van der Waals surface area (Å²) >= 11 is 1.28. The molecule has 0 saturated heterocycles. The van der Waals surface area contributed by atoms with Gasteiger partial charge < -0.3 is 15.0 Å². The minimum Gasteiger partial charge on any atom is -0.382 e. The van der Waals surface area contributed by atoms with Crippen LogP contribution in [-0.4, -0.2) is 52.9 Å². The number of anilines is 1. The number of aromatic nitrogens is 1. The van der Waals surface area contributed by atoms with E-state index >= 15 is 0 Å². The highest BCUT2D eigenvalue weighted by Crippen LogP contribution is 2.15. The quantitative estimate of drug-likeness (QED) is 0.377. The summed E-state index contributed by atoms with van der Waals surface area (Å²) in [6, 6.07) is 5.30. The molecular formula is C17H20N4O5S. The minimum absolute atomic E-state index is 0.101. The molecule has 0 aliphatic carbocycles. The van der Waals surface area contributed by atoms with Crippen LogP contribution in [0.3, 0.4) is 0 Å². The first-order chi connectivity index (χ1) is 13.0. The van der Waals surface area contributed by atoms with Gasteiger partial charge >= 0.3 is 0 Å². The van der Waals surface area contributed by atoms with E-state index in [0.717, 1.165) is 0 Å². The Morgan fingerprint density at radius 2 is 2.07 bits per heavy atom. The van der Waals surface area contributed by atoms with Crippen LogP contribution in [0.25, 0.3) is 0 Å². The number of thiazole rings is 1.